The highest BCUT2D eigenvalue weighted by molar-refractivity contribution is 5.94. The van der Waals surface area contributed by atoms with Crippen LogP contribution in [0.5, 0.6) is 0 Å². The van der Waals surface area contributed by atoms with Crippen LogP contribution in [0.4, 0.5) is 0 Å². The molecule has 0 radical (unpaired) electrons. The van der Waals surface area contributed by atoms with E-state index in [1.54, 1.807) is 6.92 Å². The number of carbonyl (C=O) groups excluding carboxylic acids is 1. The number of rotatable bonds is 5. The second-order valence-corrected chi connectivity index (χ2v) is 6.54. The van der Waals surface area contributed by atoms with E-state index >= 15 is 0 Å². The molecule has 2 heterocycles. The van der Waals surface area contributed by atoms with Gasteiger partial charge in [-0.1, -0.05) is 40.6 Å². The number of hydrogen-bond acceptors (Lipinski definition) is 7. The molecule has 1 saturated carbocycles. The molecule has 0 aliphatic heterocycles. The molecule has 0 saturated heterocycles. The molecule has 4 rings (SSSR count). The largest absolute Gasteiger partial charge is 0.385 e. The molecule has 26 heavy (non-hydrogen) atoms. The number of benzene rings is 1. The van der Waals surface area contributed by atoms with Gasteiger partial charge in [0.15, 0.2) is 17.3 Å². The number of nitrogens with two attached hydrogens (primary N) is 1. The summed E-state index contributed by atoms with van der Waals surface area (Å²) in [6.45, 7) is 1.58. The lowest BCUT2D eigenvalue weighted by atomic mass is 9.70. The minimum Gasteiger partial charge on any atom is -0.385 e. The zero-order chi connectivity index (χ0) is 18.3. The molecule has 1 aliphatic rings. The molecule has 134 valence electrons. The molecule has 2 aromatic heterocycles. The predicted octanol–water partition coefficient (Wildman–Crippen LogP) is 2.54. The Bertz CT molecular complexity index is 926. The zero-order valence-corrected chi connectivity index (χ0v) is 14.1. The summed E-state index contributed by atoms with van der Waals surface area (Å²) in [6, 6.07) is 9.50. The van der Waals surface area contributed by atoms with Gasteiger partial charge in [0, 0.05) is 17.0 Å². The standard InChI is InChI=1S/C18H18N4O4/c1-9(23)17-20-18(26-22-17)12-7-11(8-12)13-14(16(19)24)21-25-15(13)10-5-3-2-4-6-10/h2-6,9,11-12,23H,7-8H2,1H3,(H2,19,24)/t9-,11?,12?/m0/s1. The van der Waals surface area contributed by atoms with Gasteiger partial charge in [0.05, 0.1) is 0 Å². The maximum absolute atomic E-state index is 11.8. The van der Waals surface area contributed by atoms with Crippen LogP contribution >= 0.6 is 0 Å². The van der Waals surface area contributed by atoms with Gasteiger partial charge < -0.3 is 19.9 Å². The maximum Gasteiger partial charge on any atom is 0.271 e. The summed E-state index contributed by atoms with van der Waals surface area (Å²) >= 11 is 0. The summed E-state index contributed by atoms with van der Waals surface area (Å²) in [4.78, 5) is 16.0. The third kappa shape index (κ3) is 2.78. The minimum absolute atomic E-state index is 0.0610. The normalized spacial score (nSPS) is 20.5. The van der Waals surface area contributed by atoms with E-state index in [9.17, 15) is 9.90 Å². The molecule has 1 fully saturated rings. The van der Waals surface area contributed by atoms with E-state index in [0.29, 0.717) is 24.5 Å². The highest BCUT2D eigenvalue weighted by Crippen LogP contribution is 2.50. The third-order valence-corrected chi connectivity index (χ3v) is 4.72. The Morgan fingerprint density at radius 2 is 1.92 bits per heavy atom. The van der Waals surface area contributed by atoms with Crippen LogP contribution in [0.15, 0.2) is 39.4 Å². The van der Waals surface area contributed by atoms with Crippen molar-refractivity contribution in [2.24, 2.45) is 5.73 Å². The number of hydrogen-bond donors (Lipinski definition) is 2. The Hall–Kier alpha value is -3.00. The van der Waals surface area contributed by atoms with Gasteiger partial charge in [-0.3, -0.25) is 4.79 Å². The first-order valence-electron chi connectivity index (χ1n) is 8.41. The first-order chi connectivity index (χ1) is 12.5. The van der Waals surface area contributed by atoms with Gasteiger partial charge in [0.2, 0.25) is 5.89 Å². The molecule has 0 bridgehead atoms. The van der Waals surface area contributed by atoms with Crippen molar-refractivity contribution >= 4 is 5.91 Å². The Labute approximate surface area is 149 Å². The Kier molecular flexibility index (Phi) is 4.04. The smallest absolute Gasteiger partial charge is 0.271 e. The summed E-state index contributed by atoms with van der Waals surface area (Å²) in [6.07, 6.45) is 0.651. The van der Waals surface area contributed by atoms with Gasteiger partial charge in [-0.15, -0.1) is 0 Å². The van der Waals surface area contributed by atoms with Gasteiger partial charge in [0.1, 0.15) is 6.10 Å². The van der Waals surface area contributed by atoms with Crippen molar-refractivity contribution in [2.75, 3.05) is 0 Å². The fourth-order valence-corrected chi connectivity index (χ4v) is 3.29. The molecule has 8 nitrogen and oxygen atoms in total. The van der Waals surface area contributed by atoms with Gasteiger partial charge in [-0.05, 0) is 25.7 Å². The monoisotopic (exact) mass is 354 g/mol. The number of aliphatic hydroxyl groups is 1. The lowest BCUT2D eigenvalue weighted by Crippen LogP contribution is -2.24. The van der Waals surface area contributed by atoms with E-state index in [4.69, 9.17) is 14.8 Å². The Morgan fingerprint density at radius 1 is 1.19 bits per heavy atom. The van der Waals surface area contributed by atoms with Crippen molar-refractivity contribution < 1.29 is 18.9 Å². The summed E-state index contributed by atoms with van der Waals surface area (Å²) in [5.74, 6) is 0.860. The molecule has 1 aromatic carbocycles. The number of aliphatic hydroxyl groups excluding tert-OH is 1. The average molecular weight is 354 g/mol. The van der Waals surface area contributed by atoms with Crippen LogP contribution in [0.2, 0.25) is 0 Å². The van der Waals surface area contributed by atoms with E-state index in [1.807, 2.05) is 30.3 Å². The fourth-order valence-electron chi connectivity index (χ4n) is 3.29. The zero-order valence-electron chi connectivity index (χ0n) is 14.1. The number of primary amides is 1. The van der Waals surface area contributed by atoms with Crippen LogP contribution in [0.1, 0.15) is 65.5 Å². The minimum atomic E-state index is -0.771. The van der Waals surface area contributed by atoms with Crippen molar-refractivity contribution in [1.29, 1.82) is 0 Å². The van der Waals surface area contributed by atoms with Crippen LogP contribution in [-0.4, -0.2) is 26.3 Å². The molecular weight excluding hydrogens is 336 g/mol. The fraction of sp³-hybridized carbons (Fsp3) is 0.333. The van der Waals surface area contributed by atoms with E-state index in [1.165, 1.54) is 0 Å². The molecule has 0 unspecified atom stereocenters. The first kappa shape index (κ1) is 16.5. The van der Waals surface area contributed by atoms with Gasteiger partial charge in [0.25, 0.3) is 5.91 Å². The second kappa shape index (κ2) is 6.38. The number of aromatic nitrogens is 3. The van der Waals surface area contributed by atoms with E-state index < -0.39 is 12.0 Å². The summed E-state index contributed by atoms with van der Waals surface area (Å²) < 4.78 is 10.7. The molecule has 0 spiro atoms. The SMILES string of the molecule is C[C@H](O)c1noc(C2CC(c3c(C(N)=O)noc3-c3ccccc3)C2)n1. The van der Waals surface area contributed by atoms with Crippen molar-refractivity contribution in [3.05, 3.63) is 53.3 Å². The van der Waals surface area contributed by atoms with E-state index in [2.05, 4.69) is 15.3 Å². The van der Waals surface area contributed by atoms with Crippen molar-refractivity contribution in [2.45, 2.75) is 37.7 Å². The Morgan fingerprint density at radius 3 is 2.54 bits per heavy atom. The third-order valence-electron chi connectivity index (χ3n) is 4.72. The summed E-state index contributed by atoms with van der Waals surface area (Å²) in [5, 5.41) is 17.2. The number of carbonyl (C=O) groups is 1. The van der Waals surface area contributed by atoms with Crippen molar-refractivity contribution in [3.8, 4) is 11.3 Å². The Balaban J connectivity index is 1.60. The molecule has 1 atom stereocenters. The lowest BCUT2D eigenvalue weighted by molar-refractivity contribution is 0.0989. The quantitative estimate of drug-likeness (QED) is 0.720. The molecule has 1 amide bonds. The number of amides is 1. The molecular formula is C18H18N4O4. The molecule has 8 heteroatoms. The highest BCUT2D eigenvalue weighted by Gasteiger charge is 2.40. The topological polar surface area (TPSA) is 128 Å². The van der Waals surface area contributed by atoms with Gasteiger partial charge in [-0.2, -0.15) is 4.98 Å². The van der Waals surface area contributed by atoms with Gasteiger partial charge >= 0.3 is 0 Å². The van der Waals surface area contributed by atoms with Crippen LogP contribution in [0.3, 0.4) is 0 Å². The van der Waals surface area contributed by atoms with Crippen LogP contribution in [0, 0.1) is 0 Å². The first-order valence-corrected chi connectivity index (χ1v) is 8.41. The maximum atomic E-state index is 11.8. The van der Waals surface area contributed by atoms with E-state index in [-0.39, 0.29) is 23.4 Å². The molecule has 1 aliphatic carbocycles. The van der Waals surface area contributed by atoms with Crippen LogP contribution in [0.25, 0.3) is 11.3 Å². The van der Waals surface area contributed by atoms with Gasteiger partial charge in [-0.25, -0.2) is 0 Å². The van der Waals surface area contributed by atoms with E-state index in [0.717, 1.165) is 11.1 Å². The second-order valence-electron chi connectivity index (χ2n) is 6.54. The summed E-state index contributed by atoms with van der Waals surface area (Å²) in [5.41, 5.74) is 7.22. The number of nitrogens with zero attached hydrogens (tertiary/aromatic N) is 3. The highest BCUT2D eigenvalue weighted by atomic mass is 16.5. The molecule has 3 aromatic rings. The predicted molar refractivity (Wildman–Crippen MR) is 90.1 cm³/mol. The summed E-state index contributed by atoms with van der Waals surface area (Å²) in [7, 11) is 0. The molecule has 3 N–H and O–H groups in total. The average Bonchev–Trinajstić information content (AvgIpc) is 3.22. The lowest BCUT2D eigenvalue weighted by Gasteiger charge is -2.32. The van der Waals surface area contributed by atoms with Crippen LogP contribution in [-0.2, 0) is 0 Å². The van der Waals surface area contributed by atoms with Crippen molar-refractivity contribution in [3.63, 3.8) is 0 Å². The van der Waals surface area contributed by atoms with Crippen molar-refractivity contribution in [1.82, 2.24) is 15.3 Å². The van der Waals surface area contributed by atoms with Crippen LogP contribution < -0.4 is 5.73 Å².